The van der Waals surface area contributed by atoms with Crippen LogP contribution in [0.25, 0.3) is 0 Å². The lowest BCUT2D eigenvalue weighted by molar-refractivity contribution is -0.128. The van der Waals surface area contributed by atoms with Gasteiger partial charge in [-0.2, -0.15) is 0 Å². The second-order valence-corrected chi connectivity index (χ2v) is 4.52. The Balaban J connectivity index is 2.53. The minimum absolute atomic E-state index is 0.236. The molecule has 1 fully saturated rings. The fourth-order valence-electron chi connectivity index (χ4n) is 2.01. The second-order valence-electron chi connectivity index (χ2n) is 4.52. The van der Waals surface area contributed by atoms with Crippen LogP contribution in [0, 0.1) is 5.41 Å². The van der Waals surface area contributed by atoms with E-state index in [9.17, 15) is 4.79 Å². The zero-order valence-corrected chi connectivity index (χ0v) is 9.10. The molecule has 0 saturated carbocycles. The third kappa shape index (κ3) is 2.71. The highest BCUT2D eigenvalue weighted by Crippen LogP contribution is 2.33. The predicted molar refractivity (Wildman–Crippen MR) is 54.5 cm³/mol. The average Bonchev–Trinajstić information content (AvgIpc) is 2.28. The normalized spacial score (nSPS) is 29.9. The maximum Gasteiger partial charge on any atom is 0.219 e. The number of carbonyl (C=O) groups is 1. The summed E-state index contributed by atoms with van der Waals surface area (Å²) in [5.41, 5.74) is 0.476. The van der Waals surface area contributed by atoms with Gasteiger partial charge >= 0.3 is 0 Å². The number of carbonyl (C=O) groups excluding carboxylic acids is 1. The van der Waals surface area contributed by atoms with Gasteiger partial charge in [0, 0.05) is 20.0 Å². The van der Waals surface area contributed by atoms with Gasteiger partial charge in [-0.05, 0) is 24.7 Å². The van der Waals surface area contributed by atoms with E-state index in [1.165, 1.54) is 25.7 Å². The summed E-state index contributed by atoms with van der Waals surface area (Å²) in [6.07, 6.45) is 4.85. The van der Waals surface area contributed by atoms with Crippen LogP contribution in [-0.2, 0) is 4.79 Å². The van der Waals surface area contributed by atoms with E-state index in [1.807, 2.05) is 4.90 Å². The van der Waals surface area contributed by atoms with Crippen LogP contribution in [-0.4, -0.2) is 23.9 Å². The van der Waals surface area contributed by atoms with E-state index in [-0.39, 0.29) is 5.91 Å². The lowest BCUT2D eigenvalue weighted by Gasteiger charge is -2.26. The quantitative estimate of drug-likeness (QED) is 0.611. The minimum Gasteiger partial charge on any atom is -0.343 e. The van der Waals surface area contributed by atoms with Crippen molar-refractivity contribution in [1.82, 2.24) is 4.90 Å². The molecule has 0 radical (unpaired) electrons. The lowest BCUT2D eigenvalue weighted by atomic mass is 9.80. The lowest BCUT2D eigenvalue weighted by Crippen LogP contribution is -2.30. The van der Waals surface area contributed by atoms with Crippen LogP contribution in [0.5, 0.6) is 0 Å². The summed E-state index contributed by atoms with van der Waals surface area (Å²) in [7, 11) is 0. The van der Waals surface area contributed by atoms with E-state index in [0.29, 0.717) is 5.41 Å². The molecule has 0 bridgehead atoms. The predicted octanol–water partition coefficient (Wildman–Crippen LogP) is 2.44. The van der Waals surface area contributed by atoms with Crippen LogP contribution in [0.2, 0.25) is 0 Å². The fraction of sp³-hybridized carbons (Fsp3) is 0.909. The Bertz CT molecular complexity index is 191. The van der Waals surface area contributed by atoms with Crippen LogP contribution in [0.15, 0.2) is 0 Å². The van der Waals surface area contributed by atoms with Crippen molar-refractivity contribution in [3.63, 3.8) is 0 Å². The number of nitrogens with zero attached hydrogens (tertiary/aromatic N) is 1. The van der Waals surface area contributed by atoms with E-state index < -0.39 is 0 Å². The van der Waals surface area contributed by atoms with Gasteiger partial charge in [0.1, 0.15) is 0 Å². The Kier molecular flexibility index (Phi) is 3.34. The molecular weight excluding hydrogens is 162 g/mol. The summed E-state index contributed by atoms with van der Waals surface area (Å²) in [6, 6.07) is 0. The SMILES string of the molecule is CCC1(C)CCCN(C(C)=O)CC1. The molecular formula is C11H21NO. The molecule has 1 heterocycles. The molecule has 0 aromatic heterocycles. The summed E-state index contributed by atoms with van der Waals surface area (Å²) >= 11 is 0. The fourth-order valence-corrected chi connectivity index (χ4v) is 2.01. The van der Waals surface area contributed by atoms with E-state index >= 15 is 0 Å². The average molecular weight is 183 g/mol. The third-order valence-corrected chi connectivity index (χ3v) is 3.49. The zero-order chi connectivity index (χ0) is 9.90. The van der Waals surface area contributed by atoms with Crippen molar-refractivity contribution in [2.45, 2.75) is 46.5 Å². The molecule has 1 aliphatic rings. The highest BCUT2D eigenvalue weighted by molar-refractivity contribution is 5.73. The van der Waals surface area contributed by atoms with Gasteiger partial charge in [-0.25, -0.2) is 0 Å². The Labute approximate surface area is 81.3 Å². The standard InChI is InChI=1S/C11H21NO/c1-4-11(3)6-5-8-12(9-7-11)10(2)13/h4-9H2,1-3H3. The van der Waals surface area contributed by atoms with Gasteiger partial charge in [-0.15, -0.1) is 0 Å². The van der Waals surface area contributed by atoms with Crippen molar-refractivity contribution in [1.29, 1.82) is 0 Å². The van der Waals surface area contributed by atoms with Gasteiger partial charge in [0.25, 0.3) is 0 Å². The van der Waals surface area contributed by atoms with Crippen molar-refractivity contribution in [2.24, 2.45) is 5.41 Å². The van der Waals surface area contributed by atoms with Crippen LogP contribution in [0.3, 0.4) is 0 Å². The van der Waals surface area contributed by atoms with Crippen molar-refractivity contribution >= 4 is 5.91 Å². The monoisotopic (exact) mass is 183 g/mol. The molecule has 76 valence electrons. The molecule has 0 aliphatic carbocycles. The maximum atomic E-state index is 11.2. The van der Waals surface area contributed by atoms with Gasteiger partial charge in [0.05, 0.1) is 0 Å². The number of amides is 1. The molecule has 1 rings (SSSR count). The highest BCUT2D eigenvalue weighted by atomic mass is 16.2. The van der Waals surface area contributed by atoms with Crippen LogP contribution in [0.1, 0.15) is 46.5 Å². The van der Waals surface area contributed by atoms with Gasteiger partial charge in [-0.3, -0.25) is 4.79 Å². The first-order chi connectivity index (χ1) is 6.07. The number of hydrogen-bond donors (Lipinski definition) is 0. The van der Waals surface area contributed by atoms with E-state index in [2.05, 4.69) is 13.8 Å². The first-order valence-corrected chi connectivity index (χ1v) is 5.33. The molecule has 0 spiro atoms. The Morgan fingerprint density at radius 3 is 2.62 bits per heavy atom. The van der Waals surface area contributed by atoms with Crippen molar-refractivity contribution in [3.05, 3.63) is 0 Å². The molecule has 0 N–H and O–H groups in total. The Hall–Kier alpha value is -0.530. The molecule has 0 aromatic rings. The Morgan fingerprint density at radius 2 is 2.08 bits per heavy atom. The first kappa shape index (κ1) is 10.6. The molecule has 1 atom stereocenters. The number of hydrogen-bond acceptors (Lipinski definition) is 1. The van der Waals surface area contributed by atoms with Gasteiger partial charge < -0.3 is 4.90 Å². The van der Waals surface area contributed by atoms with Crippen LogP contribution in [0.4, 0.5) is 0 Å². The maximum absolute atomic E-state index is 11.2. The van der Waals surface area contributed by atoms with Crippen molar-refractivity contribution in [3.8, 4) is 0 Å². The summed E-state index contributed by atoms with van der Waals surface area (Å²) in [5.74, 6) is 0.236. The summed E-state index contributed by atoms with van der Waals surface area (Å²) < 4.78 is 0. The largest absolute Gasteiger partial charge is 0.343 e. The van der Waals surface area contributed by atoms with Gasteiger partial charge in [-0.1, -0.05) is 20.3 Å². The third-order valence-electron chi connectivity index (χ3n) is 3.49. The van der Waals surface area contributed by atoms with Crippen LogP contribution < -0.4 is 0 Å². The number of rotatable bonds is 1. The van der Waals surface area contributed by atoms with Gasteiger partial charge in [0.2, 0.25) is 5.91 Å². The second kappa shape index (κ2) is 4.12. The molecule has 1 unspecified atom stereocenters. The molecule has 1 aliphatic heterocycles. The first-order valence-electron chi connectivity index (χ1n) is 5.33. The van der Waals surface area contributed by atoms with Gasteiger partial charge in [0.15, 0.2) is 0 Å². The van der Waals surface area contributed by atoms with E-state index in [4.69, 9.17) is 0 Å². The van der Waals surface area contributed by atoms with E-state index in [0.717, 1.165) is 13.1 Å². The van der Waals surface area contributed by atoms with E-state index in [1.54, 1.807) is 6.92 Å². The highest BCUT2D eigenvalue weighted by Gasteiger charge is 2.26. The van der Waals surface area contributed by atoms with Crippen molar-refractivity contribution in [2.75, 3.05) is 13.1 Å². The molecule has 1 amide bonds. The molecule has 2 nitrogen and oxygen atoms in total. The molecule has 13 heavy (non-hydrogen) atoms. The summed E-state index contributed by atoms with van der Waals surface area (Å²) in [5, 5.41) is 0. The molecule has 1 saturated heterocycles. The summed E-state index contributed by atoms with van der Waals surface area (Å²) in [6.45, 7) is 8.19. The topological polar surface area (TPSA) is 20.3 Å². The van der Waals surface area contributed by atoms with Crippen LogP contribution >= 0.6 is 0 Å². The Morgan fingerprint density at radius 1 is 1.38 bits per heavy atom. The molecule has 0 aromatic carbocycles. The molecule has 2 heteroatoms. The number of likely N-dealkylation sites (tertiary alicyclic amines) is 1. The smallest absolute Gasteiger partial charge is 0.219 e. The zero-order valence-electron chi connectivity index (χ0n) is 9.10. The minimum atomic E-state index is 0.236. The summed E-state index contributed by atoms with van der Waals surface area (Å²) in [4.78, 5) is 13.2. The van der Waals surface area contributed by atoms with Crippen molar-refractivity contribution < 1.29 is 4.79 Å².